The number of hydrogen-bond acceptors (Lipinski definition) is 4. The standard InChI is InChI=1S/C17H19N5O3/c1-12-4-6-13(7-5-12)9-19-17(25)20-11-15(23)21-22-16(24)14-3-2-8-18-10-14/h2-8,10H,9,11H2,1H3,(H,21,23)(H,22,24)(H2,19,20,25). The van der Waals surface area contributed by atoms with E-state index in [9.17, 15) is 14.4 Å². The van der Waals surface area contributed by atoms with Crippen LogP contribution in [0.2, 0.25) is 0 Å². The molecule has 0 saturated heterocycles. The number of rotatable bonds is 5. The molecular weight excluding hydrogens is 322 g/mol. The number of aryl methyl sites for hydroxylation is 1. The molecule has 4 amide bonds. The number of nitrogens with one attached hydrogen (secondary N) is 4. The zero-order valence-electron chi connectivity index (χ0n) is 13.7. The summed E-state index contributed by atoms with van der Waals surface area (Å²) in [6.07, 6.45) is 2.91. The van der Waals surface area contributed by atoms with Crippen molar-refractivity contribution in [1.82, 2.24) is 26.5 Å². The van der Waals surface area contributed by atoms with Gasteiger partial charge < -0.3 is 10.6 Å². The molecule has 1 heterocycles. The minimum absolute atomic E-state index is 0.271. The highest BCUT2D eigenvalue weighted by atomic mass is 16.2. The third-order valence-electron chi connectivity index (χ3n) is 3.22. The second-order valence-corrected chi connectivity index (χ2v) is 5.27. The van der Waals surface area contributed by atoms with E-state index in [0.29, 0.717) is 12.1 Å². The number of pyridine rings is 1. The van der Waals surface area contributed by atoms with Crippen molar-refractivity contribution in [1.29, 1.82) is 0 Å². The van der Waals surface area contributed by atoms with Gasteiger partial charge in [-0.2, -0.15) is 0 Å². The molecule has 2 aromatic rings. The maximum Gasteiger partial charge on any atom is 0.315 e. The van der Waals surface area contributed by atoms with Gasteiger partial charge in [0, 0.05) is 18.9 Å². The lowest BCUT2D eigenvalue weighted by atomic mass is 10.1. The Kier molecular flexibility index (Phi) is 6.47. The summed E-state index contributed by atoms with van der Waals surface area (Å²) < 4.78 is 0. The second-order valence-electron chi connectivity index (χ2n) is 5.27. The van der Waals surface area contributed by atoms with Crippen molar-refractivity contribution in [2.45, 2.75) is 13.5 Å². The van der Waals surface area contributed by atoms with Gasteiger partial charge in [0.2, 0.25) is 0 Å². The summed E-state index contributed by atoms with van der Waals surface area (Å²) in [5.74, 6) is -1.05. The highest BCUT2D eigenvalue weighted by Crippen LogP contribution is 2.02. The number of amides is 4. The Balaban J connectivity index is 1.64. The van der Waals surface area contributed by atoms with Crippen LogP contribution in [0.25, 0.3) is 0 Å². The minimum atomic E-state index is -0.553. The molecule has 0 spiro atoms. The van der Waals surface area contributed by atoms with Gasteiger partial charge in [-0.1, -0.05) is 29.8 Å². The lowest BCUT2D eigenvalue weighted by Crippen LogP contribution is -2.47. The van der Waals surface area contributed by atoms with Crippen LogP contribution in [0.3, 0.4) is 0 Å². The minimum Gasteiger partial charge on any atom is -0.334 e. The van der Waals surface area contributed by atoms with Crippen LogP contribution in [0.15, 0.2) is 48.8 Å². The average molecular weight is 341 g/mol. The number of carbonyl (C=O) groups is 3. The smallest absolute Gasteiger partial charge is 0.315 e. The van der Waals surface area contributed by atoms with Gasteiger partial charge in [-0.05, 0) is 24.6 Å². The van der Waals surface area contributed by atoms with Crippen molar-refractivity contribution in [3.8, 4) is 0 Å². The Morgan fingerprint density at radius 3 is 2.44 bits per heavy atom. The van der Waals surface area contributed by atoms with Gasteiger partial charge in [0.15, 0.2) is 0 Å². The Bertz CT molecular complexity index is 732. The molecule has 0 aliphatic carbocycles. The molecule has 1 aromatic carbocycles. The number of urea groups is 1. The summed E-state index contributed by atoms with van der Waals surface area (Å²) in [6, 6.07) is 10.4. The van der Waals surface area contributed by atoms with E-state index in [-0.39, 0.29) is 6.54 Å². The Labute approximate surface area is 145 Å². The van der Waals surface area contributed by atoms with Gasteiger partial charge in [0.1, 0.15) is 6.54 Å². The second kappa shape index (κ2) is 9.02. The molecule has 0 unspecified atom stereocenters. The summed E-state index contributed by atoms with van der Waals surface area (Å²) in [5, 5.41) is 5.04. The number of carbonyl (C=O) groups excluding carboxylic acids is 3. The van der Waals surface area contributed by atoms with E-state index in [1.807, 2.05) is 31.2 Å². The molecule has 0 aliphatic rings. The summed E-state index contributed by atoms with van der Waals surface area (Å²) in [6.45, 7) is 2.06. The average Bonchev–Trinajstić information content (AvgIpc) is 2.64. The summed E-state index contributed by atoms with van der Waals surface area (Å²) in [5.41, 5.74) is 6.84. The monoisotopic (exact) mass is 341 g/mol. The molecule has 0 atom stereocenters. The molecule has 4 N–H and O–H groups in total. The number of hydrogen-bond donors (Lipinski definition) is 4. The van der Waals surface area contributed by atoms with E-state index in [4.69, 9.17) is 0 Å². The van der Waals surface area contributed by atoms with E-state index >= 15 is 0 Å². The molecule has 2 rings (SSSR count). The zero-order chi connectivity index (χ0) is 18.1. The molecule has 0 radical (unpaired) electrons. The Morgan fingerprint density at radius 1 is 1.00 bits per heavy atom. The Hall–Kier alpha value is -3.42. The van der Waals surface area contributed by atoms with E-state index in [1.54, 1.807) is 12.1 Å². The molecular formula is C17H19N5O3. The fourth-order valence-electron chi connectivity index (χ4n) is 1.85. The van der Waals surface area contributed by atoms with Crippen LogP contribution in [-0.4, -0.2) is 29.4 Å². The summed E-state index contributed by atoms with van der Waals surface area (Å²) >= 11 is 0. The van der Waals surface area contributed by atoms with E-state index in [1.165, 1.54) is 12.4 Å². The first-order chi connectivity index (χ1) is 12.0. The molecule has 130 valence electrons. The van der Waals surface area contributed by atoms with Crippen molar-refractivity contribution in [3.05, 3.63) is 65.5 Å². The largest absolute Gasteiger partial charge is 0.334 e. The summed E-state index contributed by atoms with van der Waals surface area (Å²) in [7, 11) is 0. The fraction of sp³-hybridized carbons (Fsp3) is 0.176. The number of hydrazine groups is 1. The van der Waals surface area contributed by atoms with Crippen LogP contribution in [0.5, 0.6) is 0 Å². The van der Waals surface area contributed by atoms with Crippen molar-refractivity contribution < 1.29 is 14.4 Å². The first kappa shape index (κ1) is 17.9. The lowest BCUT2D eigenvalue weighted by Gasteiger charge is -2.09. The Morgan fingerprint density at radius 2 is 1.76 bits per heavy atom. The van der Waals surface area contributed by atoms with Crippen LogP contribution >= 0.6 is 0 Å². The molecule has 25 heavy (non-hydrogen) atoms. The van der Waals surface area contributed by atoms with Gasteiger partial charge in [-0.15, -0.1) is 0 Å². The molecule has 1 aromatic heterocycles. The summed E-state index contributed by atoms with van der Waals surface area (Å²) in [4.78, 5) is 38.8. The van der Waals surface area contributed by atoms with Crippen molar-refractivity contribution >= 4 is 17.8 Å². The maximum atomic E-state index is 11.7. The third kappa shape index (κ3) is 6.30. The first-order valence-corrected chi connectivity index (χ1v) is 7.61. The first-order valence-electron chi connectivity index (χ1n) is 7.61. The lowest BCUT2D eigenvalue weighted by molar-refractivity contribution is -0.120. The van der Waals surface area contributed by atoms with Crippen LogP contribution in [0, 0.1) is 6.92 Å². The van der Waals surface area contributed by atoms with Gasteiger partial charge in [0.25, 0.3) is 11.8 Å². The molecule has 8 nitrogen and oxygen atoms in total. The van der Waals surface area contributed by atoms with Crippen LogP contribution in [-0.2, 0) is 11.3 Å². The highest BCUT2D eigenvalue weighted by Gasteiger charge is 2.08. The van der Waals surface area contributed by atoms with Crippen molar-refractivity contribution in [3.63, 3.8) is 0 Å². The van der Waals surface area contributed by atoms with Gasteiger partial charge in [-0.3, -0.25) is 25.4 Å². The van der Waals surface area contributed by atoms with Crippen LogP contribution in [0.1, 0.15) is 21.5 Å². The predicted octanol–water partition coefficient (Wildman–Crippen LogP) is 0.650. The number of benzene rings is 1. The van der Waals surface area contributed by atoms with Crippen molar-refractivity contribution in [2.24, 2.45) is 0 Å². The third-order valence-corrected chi connectivity index (χ3v) is 3.22. The van der Waals surface area contributed by atoms with E-state index < -0.39 is 17.8 Å². The fourth-order valence-corrected chi connectivity index (χ4v) is 1.85. The SMILES string of the molecule is Cc1ccc(CNC(=O)NCC(=O)NNC(=O)c2cccnc2)cc1. The molecule has 0 saturated carbocycles. The van der Waals surface area contributed by atoms with Crippen LogP contribution < -0.4 is 21.5 Å². The van der Waals surface area contributed by atoms with Crippen LogP contribution in [0.4, 0.5) is 4.79 Å². The number of nitrogens with zero attached hydrogens (tertiary/aromatic N) is 1. The number of aromatic nitrogens is 1. The molecule has 0 aliphatic heterocycles. The maximum absolute atomic E-state index is 11.7. The zero-order valence-corrected chi connectivity index (χ0v) is 13.7. The quantitative estimate of drug-likeness (QED) is 0.598. The molecule has 0 bridgehead atoms. The predicted molar refractivity (Wildman–Crippen MR) is 91.3 cm³/mol. The van der Waals surface area contributed by atoms with Crippen molar-refractivity contribution in [2.75, 3.05) is 6.54 Å². The normalized spacial score (nSPS) is 9.80. The van der Waals surface area contributed by atoms with Gasteiger partial charge >= 0.3 is 6.03 Å². The van der Waals surface area contributed by atoms with Gasteiger partial charge in [0.05, 0.1) is 5.56 Å². The van der Waals surface area contributed by atoms with E-state index in [2.05, 4.69) is 26.5 Å². The topological polar surface area (TPSA) is 112 Å². The highest BCUT2D eigenvalue weighted by molar-refractivity contribution is 5.95. The van der Waals surface area contributed by atoms with Gasteiger partial charge in [-0.25, -0.2) is 4.79 Å². The molecule has 8 heteroatoms. The molecule has 0 fully saturated rings. The van der Waals surface area contributed by atoms with E-state index in [0.717, 1.165) is 11.1 Å².